The predicted octanol–water partition coefficient (Wildman–Crippen LogP) is 1.72. The Morgan fingerprint density at radius 3 is 2.60 bits per heavy atom. The first-order valence-electron chi connectivity index (χ1n) is 5.84. The van der Waals surface area contributed by atoms with E-state index in [1.807, 2.05) is 6.92 Å². The number of nitrogens with two attached hydrogens (primary N) is 1. The molecule has 0 radical (unpaired) electrons. The monoisotopic (exact) mass is 233 g/mol. The molecule has 0 bridgehead atoms. The fourth-order valence-corrected chi connectivity index (χ4v) is 3.61. The van der Waals surface area contributed by atoms with Crippen LogP contribution in [0.2, 0.25) is 0 Å². The Balaban J connectivity index is 2.43. The zero-order chi connectivity index (χ0) is 11.5. The molecular weight excluding hydrogens is 210 g/mol. The summed E-state index contributed by atoms with van der Waals surface area (Å²) in [6, 6.07) is 0.239. The van der Waals surface area contributed by atoms with E-state index in [0.29, 0.717) is 5.92 Å². The van der Waals surface area contributed by atoms with Gasteiger partial charge in [0.05, 0.1) is 5.25 Å². The smallest absolute Gasteiger partial charge is 0.150 e. The largest absolute Gasteiger partial charge is 0.328 e. The lowest BCUT2D eigenvalue weighted by Gasteiger charge is -2.28. The van der Waals surface area contributed by atoms with Gasteiger partial charge in [-0.2, -0.15) is 0 Å². The van der Waals surface area contributed by atoms with Crippen LogP contribution in [0, 0.1) is 5.92 Å². The van der Waals surface area contributed by atoms with Gasteiger partial charge in [0.1, 0.15) is 9.84 Å². The summed E-state index contributed by atoms with van der Waals surface area (Å²) >= 11 is 0. The summed E-state index contributed by atoms with van der Waals surface area (Å²) < 4.78 is 22.9. The van der Waals surface area contributed by atoms with Crippen molar-refractivity contribution in [2.75, 3.05) is 6.26 Å². The van der Waals surface area contributed by atoms with Gasteiger partial charge in [0.15, 0.2) is 0 Å². The molecule has 0 aromatic heterocycles. The lowest BCUT2D eigenvalue weighted by atomic mass is 9.85. The predicted molar refractivity (Wildman–Crippen MR) is 63.5 cm³/mol. The molecule has 1 fully saturated rings. The molecule has 3 nitrogen and oxygen atoms in total. The van der Waals surface area contributed by atoms with Crippen molar-refractivity contribution in [1.82, 2.24) is 0 Å². The van der Waals surface area contributed by atoms with Crippen LogP contribution in [0.25, 0.3) is 0 Å². The maximum absolute atomic E-state index is 11.4. The first-order chi connectivity index (χ1) is 6.89. The minimum absolute atomic E-state index is 0.0932. The lowest BCUT2D eigenvalue weighted by Crippen LogP contribution is -2.28. The molecule has 0 saturated heterocycles. The minimum atomic E-state index is -2.83. The van der Waals surface area contributed by atoms with Crippen LogP contribution in [0.1, 0.15) is 45.4 Å². The molecule has 3 atom stereocenters. The van der Waals surface area contributed by atoms with Crippen LogP contribution in [0.5, 0.6) is 0 Å². The van der Waals surface area contributed by atoms with Crippen molar-refractivity contribution in [3.05, 3.63) is 0 Å². The molecule has 1 aliphatic rings. The topological polar surface area (TPSA) is 60.2 Å². The number of hydrogen-bond donors (Lipinski definition) is 1. The van der Waals surface area contributed by atoms with Gasteiger partial charge in [0.2, 0.25) is 0 Å². The van der Waals surface area contributed by atoms with Crippen molar-refractivity contribution >= 4 is 9.84 Å². The van der Waals surface area contributed by atoms with Crippen LogP contribution < -0.4 is 5.73 Å². The Labute approximate surface area is 93.3 Å². The van der Waals surface area contributed by atoms with Gasteiger partial charge in [0.25, 0.3) is 0 Å². The summed E-state index contributed by atoms with van der Waals surface area (Å²) in [6.45, 7) is 2.01. The van der Waals surface area contributed by atoms with Gasteiger partial charge in [-0.25, -0.2) is 8.42 Å². The first kappa shape index (κ1) is 13.0. The molecule has 2 N–H and O–H groups in total. The summed E-state index contributed by atoms with van der Waals surface area (Å²) in [5.74, 6) is 0.574. The van der Waals surface area contributed by atoms with E-state index in [2.05, 4.69) is 0 Å². The van der Waals surface area contributed by atoms with Gasteiger partial charge >= 0.3 is 0 Å². The molecule has 0 aliphatic heterocycles. The summed E-state index contributed by atoms with van der Waals surface area (Å²) in [5, 5.41) is -0.0932. The highest BCUT2D eigenvalue weighted by Crippen LogP contribution is 2.31. The molecule has 4 heteroatoms. The normalized spacial score (nSPS) is 30.1. The zero-order valence-electron chi connectivity index (χ0n) is 9.78. The molecule has 0 heterocycles. The van der Waals surface area contributed by atoms with Crippen LogP contribution in [0.15, 0.2) is 0 Å². The SMILES string of the molecule is CC(N)CCC1CCCC(S(C)(=O)=O)C1. The minimum Gasteiger partial charge on any atom is -0.328 e. The molecule has 0 aromatic rings. The van der Waals surface area contributed by atoms with Gasteiger partial charge < -0.3 is 5.73 Å². The molecule has 0 amide bonds. The molecule has 0 spiro atoms. The number of rotatable bonds is 4. The van der Waals surface area contributed by atoms with Crippen molar-refractivity contribution in [1.29, 1.82) is 0 Å². The Kier molecular flexibility index (Phi) is 4.59. The van der Waals surface area contributed by atoms with E-state index < -0.39 is 9.84 Å². The second kappa shape index (κ2) is 5.30. The van der Waals surface area contributed by atoms with E-state index in [1.54, 1.807) is 0 Å². The average Bonchev–Trinajstić information content (AvgIpc) is 2.14. The van der Waals surface area contributed by atoms with Crippen molar-refractivity contribution in [2.24, 2.45) is 11.7 Å². The molecule has 15 heavy (non-hydrogen) atoms. The van der Waals surface area contributed by atoms with Crippen LogP contribution in [-0.4, -0.2) is 26.0 Å². The van der Waals surface area contributed by atoms with E-state index >= 15 is 0 Å². The second-order valence-corrected chi connectivity index (χ2v) is 7.36. The highest BCUT2D eigenvalue weighted by atomic mass is 32.2. The molecule has 1 saturated carbocycles. The summed E-state index contributed by atoms with van der Waals surface area (Å²) in [7, 11) is -2.83. The quantitative estimate of drug-likeness (QED) is 0.804. The van der Waals surface area contributed by atoms with E-state index in [1.165, 1.54) is 12.7 Å². The van der Waals surface area contributed by atoms with Crippen LogP contribution in [0.4, 0.5) is 0 Å². The second-order valence-electron chi connectivity index (χ2n) is 5.04. The molecule has 0 aromatic carbocycles. The van der Waals surface area contributed by atoms with E-state index in [0.717, 1.165) is 32.1 Å². The fraction of sp³-hybridized carbons (Fsp3) is 1.00. The maximum atomic E-state index is 11.4. The zero-order valence-corrected chi connectivity index (χ0v) is 10.6. The molecule has 1 rings (SSSR count). The Morgan fingerprint density at radius 2 is 2.07 bits per heavy atom. The summed E-state index contributed by atoms with van der Waals surface area (Å²) in [4.78, 5) is 0. The summed E-state index contributed by atoms with van der Waals surface area (Å²) in [6.07, 6.45) is 7.41. The number of hydrogen-bond acceptors (Lipinski definition) is 3. The molecular formula is C11H23NO2S. The molecule has 90 valence electrons. The number of sulfone groups is 1. The van der Waals surface area contributed by atoms with Crippen molar-refractivity contribution in [2.45, 2.75) is 56.7 Å². The van der Waals surface area contributed by atoms with Crippen molar-refractivity contribution in [3.8, 4) is 0 Å². The highest BCUT2D eigenvalue weighted by Gasteiger charge is 2.28. The van der Waals surface area contributed by atoms with Gasteiger partial charge in [-0.15, -0.1) is 0 Å². The van der Waals surface area contributed by atoms with Crippen LogP contribution in [0.3, 0.4) is 0 Å². The fourth-order valence-electron chi connectivity index (χ4n) is 2.39. The Bertz CT molecular complexity index is 285. The Morgan fingerprint density at radius 1 is 1.40 bits per heavy atom. The standard InChI is InChI=1S/C11H23NO2S/c1-9(12)6-7-10-4-3-5-11(8-10)15(2,13)14/h9-11H,3-8,12H2,1-2H3. The van der Waals surface area contributed by atoms with Gasteiger partial charge in [-0.3, -0.25) is 0 Å². The van der Waals surface area contributed by atoms with E-state index in [-0.39, 0.29) is 11.3 Å². The van der Waals surface area contributed by atoms with Crippen molar-refractivity contribution < 1.29 is 8.42 Å². The van der Waals surface area contributed by atoms with Crippen molar-refractivity contribution in [3.63, 3.8) is 0 Å². The van der Waals surface area contributed by atoms with E-state index in [9.17, 15) is 8.42 Å². The molecule has 3 unspecified atom stereocenters. The van der Waals surface area contributed by atoms with E-state index in [4.69, 9.17) is 5.73 Å². The maximum Gasteiger partial charge on any atom is 0.150 e. The van der Waals surface area contributed by atoms with Crippen LogP contribution >= 0.6 is 0 Å². The van der Waals surface area contributed by atoms with Gasteiger partial charge in [-0.05, 0) is 38.5 Å². The third kappa shape index (κ3) is 4.51. The first-order valence-corrected chi connectivity index (χ1v) is 7.79. The van der Waals surface area contributed by atoms with Crippen LogP contribution in [-0.2, 0) is 9.84 Å². The third-order valence-corrected chi connectivity index (χ3v) is 5.01. The summed E-state index contributed by atoms with van der Waals surface area (Å²) in [5.41, 5.74) is 5.71. The Hall–Kier alpha value is -0.0900. The molecule has 1 aliphatic carbocycles. The highest BCUT2D eigenvalue weighted by molar-refractivity contribution is 7.91. The lowest BCUT2D eigenvalue weighted by molar-refractivity contribution is 0.326. The van der Waals surface area contributed by atoms with Gasteiger partial charge in [-0.1, -0.05) is 12.8 Å². The average molecular weight is 233 g/mol. The van der Waals surface area contributed by atoms with Gasteiger partial charge in [0, 0.05) is 12.3 Å². The third-order valence-electron chi connectivity index (χ3n) is 3.37.